The fraction of sp³-hybridized carbons (Fsp3) is 0.429. The smallest absolute Gasteiger partial charge is 0.341 e. The van der Waals surface area contributed by atoms with E-state index in [0.717, 1.165) is 0 Å². The molecule has 0 radical (unpaired) electrons. The number of hydrogen-bond acceptors (Lipinski definition) is 6. The van der Waals surface area contributed by atoms with Crippen LogP contribution in [0.25, 0.3) is 0 Å². The first kappa shape index (κ1) is 15.5. The zero-order valence-corrected chi connectivity index (χ0v) is 12.7. The number of hydrogen-bond donors (Lipinski definition) is 0. The molecule has 1 saturated heterocycles. The number of amides is 1. The summed E-state index contributed by atoms with van der Waals surface area (Å²) in [6.07, 6.45) is 1.89. The summed E-state index contributed by atoms with van der Waals surface area (Å²) in [7, 11) is 1.29. The van der Waals surface area contributed by atoms with Crippen LogP contribution in [0.15, 0.2) is 18.3 Å². The van der Waals surface area contributed by atoms with Gasteiger partial charge in [0.05, 0.1) is 7.11 Å². The van der Waals surface area contributed by atoms with E-state index in [1.54, 1.807) is 12.1 Å². The Labute approximate surface area is 126 Å². The number of thioether (sulfide) groups is 1. The third-order valence-electron chi connectivity index (χ3n) is 3.18. The Morgan fingerprint density at radius 1 is 1.52 bits per heavy atom. The van der Waals surface area contributed by atoms with Gasteiger partial charge in [-0.2, -0.15) is 0 Å². The molecule has 1 aliphatic rings. The Kier molecular flexibility index (Phi) is 4.95. The van der Waals surface area contributed by atoms with E-state index in [9.17, 15) is 14.4 Å². The van der Waals surface area contributed by atoms with Gasteiger partial charge in [0.1, 0.15) is 11.4 Å². The number of rotatable bonds is 4. The predicted molar refractivity (Wildman–Crippen MR) is 79.2 cm³/mol. The average molecular weight is 308 g/mol. The van der Waals surface area contributed by atoms with Crippen LogP contribution in [0.5, 0.6) is 0 Å². The first-order chi connectivity index (χ1) is 10.0. The highest BCUT2D eigenvalue weighted by molar-refractivity contribution is 8.13. The second-order valence-electron chi connectivity index (χ2n) is 4.74. The zero-order chi connectivity index (χ0) is 15.4. The quantitative estimate of drug-likeness (QED) is 0.785. The van der Waals surface area contributed by atoms with Crippen LogP contribution in [0.4, 0.5) is 5.82 Å². The van der Waals surface area contributed by atoms with Crippen LogP contribution < -0.4 is 4.90 Å². The first-order valence-corrected chi connectivity index (χ1v) is 7.48. The number of esters is 1. The fourth-order valence-corrected chi connectivity index (χ4v) is 2.91. The SMILES string of the molecule is COC(=O)c1cccnc1N1CC(CSC(C)=O)CC1=O. The van der Waals surface area contributed by atoms with Crippen LogP contribution in [0, 0.1) is 5.92 Å². The topological polar surface area (TPSA) is 76.6 Å². The highest BCUT2D eigenvalue weighted by Crippen LogP contribution is 2.28. The minimum atomic E-state index is -0.521. The molecule has 0 aliphatic carbocycles. The van der Waals surface area contributed by atoms with Gasteiger partial charge in [0, 0.05) is 31.8 Å². The minimum Gasteiger partial charge on any atom is -0.465 e. The molecule has 2 rings (SSSR count). The molecule has 0 saturated carbocycles. The van der Waals surface area contributed by atoms with Crippen molar-refractivity contribution in [3.8, 4) is 0 Å². The maximum absolute atomic E-state index is 12.1. The van der Waals surface area contributed by atoms with Crippen molar-refractivity contribution in [1.82, 2.24) is 4.98 Å². The normalized spacial score (nSPS) is 17.9. The standard InChI is InChI=1S/C14H16N2O4S/c1-9(17)21-8-10-6-12(18)16(7-10)13-11(14(19)20-2)4-3-5-15-13/h3-5,10H,6-8H2,1-2H3. The summed E-state index contributed by atoms with van der Waals surface area (Å²) in [5.74, 6) is 0.391. The molecular weight excluding hydrogens is 292 g/mol. The van der Waals surface area contributed by atoms with Gasteiger partial charge in [-0.15, -0.1) is 0 Å². The number of pyridine rings is 1. The van der Waals surface area contributed by atoms with Crippen LogP contribution in [0.2, 0.25) is 0 Å². The van der Waals surface area contributed by atoms with Gasteiger partial charge >= 0.3 is 5.97 Å². The molecule has 1 fully saturated rings. The van der Waals surface area contributed by atoms with Crippen LogP contribution in [0.3, 0.4) is 0 Å². The molecule has 6 nitrogen and oxygen atoms in total. The largest absolute Gasteiger partial charge is 0.465 e. The van der Waals surface area contributed by atoms with Crippen molar-refractivity contribution in [2.75, 3.05) is 24.3 Å². The zero-order valence-electron chi connectivity index (χ0n) is 11.9. The van der Waals surface area contributed by atoms with E-state index in [1.165, 1.54) is 36.9 Å². The van der Waals surface area contributed by atoms with Crippen molar-refractivity contribution in [3.63, 3.8) is 0 Å². The van der Waals surface area contributed by atoms with Gasteiger partial charge in [0.2, 0.25) is 5.91 Å². The molecule has 2 heterocycles. The summed E-state index contributed by atoms with van der Waals surface area (Å²) >= 11 is 1.21. The number of carbonyl (C=O) groups excluding carboxylic acids is 3. The molecule has 1 aromatic rings. The number of anilines is 1. The maximum Gasteiger partial charge on any atom is 0.341 e. The summed E-state index contributed by atoms with van der Waals surface area (Å²) < 4.78 is 4.71. The lowest BCUT2D eigenvalue weighted by molar-refractivity contribution is -0.117. The fourth-order valence-electron chi connectivity index (χ4n) is 2.21. The number of carbonyl (C=O) groups is 3. The van der Waals surface area contributed by atoms with Gasteiger partial charge < -0.3 is 4.74 Å². The summed E-state index contributed by atoms with van der Waals surface area (Å²) in [5, 5.41) is 0.0361. The van der Waals surface area contributed by atoms with E-state index in [0.29, 0.717) is 24.5 Å². The molecule has 1 amide bonds. The molecule has 21 heavy (non-hydrogen) atoms. The van der Waals surface area contributed by atoms with Crippen molar-refractivity contribution in [2.45, 2.75) is 13.3 Å². The minimum absolute atomic E-state index is 0.0361. The summed E-state index contributed by atoms with van der Waals surface area (Å²) in [6, 6.07) is 3.21. The average Bonchev–Trinajstić information content (AvgIpc) is 2.85. The van der Waals surface area contributed by atoms with Crippen molar-refractivity contribution >= 4 is 34.6 Å². The van der Waals surface area contributed by atoms with E-state index in [1.807, 2.05) is 0 Å². The summed E-state index contributed by atoms with van der Waals surface area (Å²) in [4.78, 5) is 40.5. The molecule has 0 bridgehead atoms. The Hall–Kier alpha value is -1.89. The van der Waals surface area contributed by atoms with Gasteiger partial charge in [0.15, 0.2) is 5.12 Å². The Balaban J connectivity index is 2.17. The molecule has 1 atom stereocenters. The first-order valence-electron chi connectivity index (χ1n) is 6.50. The lowest BCUT2D eigenvalue weighted by Crippen LogP contribution is -2.28. The highest BCUT2D eigenvalue weighted by atomic mass is 32.2. The number of ether oxygens (including phenoxy) is 1. The van der Waals surface area contributed by atoms with Crippen LogP contribution >= 0.6 is 11.8 Å². The van der Waals surface area contributed by atoms with Gasteiger partial charge in [-0.25, -0.2) is 9.78 Å². The monoisotopic (exact) mass is 308 g/mol. The number of methoxy groups -OCH3 is 1. The van der Waals surface area contributed by atoms with Crippen LogP contribution in [-0.4, -0.2) is 41.4 Å². The van der Waals surface area contributed by atoms with Crippen molar-refractivity contribution in [1.29, 1.82) is 0 Å². The van der Waals surface area contributed by atoms with Gasteiger partial charge in [-0.3, -0.25) is 14.5 Å². The molecule has 0 N–H and O–H groups in total. The Morgan fingerprint density at radius 3 is 2.95 bits per heavy atom. The molecular formula is C14H16N2O4S. The molecule has 7 heteroatoms. The van der Waals surface area contributed by atoms with E-state index in [2.05, 4.69) is 4.98 Å². The molecule has 0 aromatic carbocycles. The van der Waals surface area contributed by atoms with E-state index in [-0.39, 0.29) is 22.5 Å². The van der Waals surface area contributed by atoms with Crippen molar-refractivity contribution < 1.29 is 19.1 Å². The third-order valence-corrected chi connectivity index (χ3v) is 4.22. The van der Waals surface area contributed by atoms with E-state index < -0.39 is 5.97 Å². The second-order valence-corrected chi connectivity index (χ2v) is 5.94. The molecule has 1 aliphatic heterocycles. The maximum atomic E-state index is 12.1. The van der Waals surface area contributed by atoms with Crippen molar-refractivity contribution in [3.05, 3.63) is 23.9 Å². The molecule has 1 unspecified atom stereocenters. The lowest BCUT2D eigenvalue weighted by Gasteiger charge is -2.17. The van der Waals surface area contributed by atoms with Gasteiger partial charge in [0.25, 0.3) is 0 Å². The van der Waals surface area contributed by atoms with E-state index in [4.69, 9.17) is 4.74 Å². The molecule has 112 valence electrons. The number of nitrogens with zero attached hydrogens (tertiary/aromatic N) is 2. The van der Waals surface area contributed by atoms with Gasteiger partial charge in [-0.05, 0) is 18.1 Å². The van der Waals surface area contributed by atoms with Crippen LogP contribution in [0.1, 0.15) is 23.7 Å². The second kappa shape index (κ2) is 6.71. The predicted octanol–water partition coefficient (Wildman–Crippen LogP) is 1.50. The van der Waals surface area contributed by atoms with Gasteiger partial charge in [-0.1, -0.05) is 11.8 Å². The third kappa shape index (κ3) is 3.60. The van der Waals surface area contributed by atoms with Crippen molar-refractivity contribution in [2.24, 2.45) is 5.92 Å². The highest BCUT2D eigenvalue weighted by Gasteiger charge is 2.33. The summed E-state index contributed by atoms with van der Waals surface area (Å²) in [5.41, 5.74) is 0.272. The number of aromatic nitrogens is 1. The molecule has 0 spiro atoms. The van der Waals surface area contributed by atoms with Crippen LogP contribution in [-0.2, 0) is 14.3 Å². The Morgan fingerprint density at radius 2 is 2.29 bits per heavy atom. The summed E-state index contributed by atoms with van der Waals surface area (Å²) in [6.45, 7) is 1.97. The Bertz CT molecular complexity index is 576. The lowest BCUT2D eigenvalue weighted by atomic mass is 10.1. The molecule has 1 aromatic heterocycles. The van der Waals surface area contributed by atoms with E-state index >= 15 is 0 Å².